The Morgan fingerprint density at radius 1 is 1.83 bits per heavy atom. The van der Waals surface area contributed by atoms with Gasteiger partial charge in [0.1, 0.15) is 0 Å². The summed E-state index contributed by atoms with van der Waals surface area (Å²) >= 11 is 0. The summed E-state index contributed by atoms with van der Waals surface area (Å²) in [6, 6.07) is 0. The molecule has 0 aromatic heterocycles. The van der Waals surface area contributed by atoms with Gasteiger partial charge in [-0.3, -0.25) is 4.79 Å². The van der Waals surface area contributed by atoms with Crippen LogP contribution in [-0.4, -0.2) is 42.6 Å². The van der Waals surface area contributed by atoms with Crippen LogP contribution >= 0.6 is 0 Å². The topological polar surface area (TPSA) is 26.3 Å². The molecule has 0 saturated heterocycles. The molecule has 0 aliphatic carbocycles. The van der Waals surface area contributed by atoms with Gasteiger partial charge in [0.05, 0.1) is 6.61 Å². The first-order valence-corrected chi connectivity index (χ1v) is 1.47. The van der Waals surface area contributed by atoms with E-state index in [1.807, 2.05) is 0 Å². The van der Waals surface area contributed by atoms with Gasteiger partial charge < -0.3 is 4.74 Å². The van der Waals surface area contributed by atoms with Crippen LogP contribution in [-0.2, 0) is 9.53 Å². The van der Waals surface area contributed by atoms with Crippen molar-refractivity contribution in [2.75, 3.05) is 6.61 Å². The summed E-state index contributed by atoms with van der Waals surface area (Å²) in [5.41, 5.74) is 0. The third-order valence-electron chi connectivity index (χ3n) is 0.235. The van der Waals surface area contributed by atoms with Crippen LogP contribution in [0.15, 0.2) is 0 Å². The first kappa shape index (κ1) is 9.69. The molecule has 32 valence electrons. The van der Waals surface area contributed by atoms with Crippen LogP contribution in [0, 0.1) is 0 Å². The van der Waals surface area contributed by atoms with Gasteiger partial charge in [-0.15, -0.1) is 0 Å². The number of ether oxygens (including phenoxy) is 1. The minimum absolute atomic E-state index is 0. The molecule has 0 N–H and O–H groups in total. The van der Waals surface area contributed by atoms with Gasteiger partial charge >= 0.3 is 29.6 Å². The third-order valence-corrected chi connectivity index (χ3v) is 0.235. The van der Waals surface area contributed by atoms with Gasteiger partial charge in [0.15, 0.2) is 0 Å². The molecule has 0 rings (SSSR count). The van der Waals surface area contributed by atoms with Gasteiger partial charge in [-0.25, -0.2) is 0 Å². The van der Waals surface area contributed by atoms with Crippen molar-refractivity contribution in [2.24, 2.45) is 0 Å². The molecule has 0 radical (unpaired) electrons. The van der Waals surface area contributed by atoms with Crippen molar-refractivity contribution >= 4 is 36.0 Å². The van der Waals surface area contributed by atoms with E-state index in [9.17, 15) is 4.79 Å². The molecule has 0 fully saturated rings. The molecule has 3 heteroatoms. The summed E-state index contributed by atoms with van der Waals surface area (Å²) in [6.07, 6.45) is 0. The Hall–Kier alpha value is 0.470. The van der Waals surface area contributed by atoms with E-state index in [2.05, 4.69) is 4.74 Å². The molecule has 0 amide bonds. The molecule has 6 heavy (non-hydrogen) atoms. The standard InChI is InChI=1S/C3H6O2.Na.H/c1-2-5-3-4;;/h3H,2H2,1H3;;. The fourth-order valence-electron chi connectivity index (χ4n) is 0.0680. The van der Waals surface area contributed by atoms with Crippen LogP contribution in [0.1, 0.15) is 6.92 Å². The first-order valence-electron chi connectivity index (χ1n) is 1.47. The molecule has 0 aromatic rings. The van der Waals surface area contributed by atoms with Crippen LogP contribution < -0.4 is 0 Å². The molecular weight excluding hydrogens is 91.0 g/mol. The molecule has 0 heterocycles. The van der Waals surface area contributed by atoms with Crippen molar-refractivity contribution in [2.45, 2.75) is 6.92 Å². The van der Waals surface area contributed by atoms with Crippen LogP contribution in [0.4, 0.5) is 0 Å². The Kier molecular flexibility index (Phi) is 14.7. The number of rotatable bonds is 2. The van der Waals surface area contributed by atoms with Gasteiger partial charge in [-0.05, 0) is 6.92 Å². The van der Waals surface area contributed by atoms with E-state index in [0.717, 1.165) is 0 Å². The van der Waals surface area contributed by atoms with E-state index >= 15 is 0 Å². The van der Waals surface area contributed by atoms with Crippen molar-refractivity contribution in [3.8, 4) is 0 Å². The molecule has 2 nitrogen and oxygen atoms in total. The Bertz CT molecular complexity index is 30.0. The number of carbonyl (C=O) groups excluding carboxylic acids is 1. The van der Waals surface area contributed by atoms with Crippen molar-refractivity contribution in [3.63, 3.8) is 0 Å². The Labute approximate surface area is 59.2 Å². The fourth-order valence-corrected chi connectivity index (χ4v) is 0.0680. The predicted octanol–water partition coefficient (Wildman–Crippen LogP) is -0.469. The van der Waals surface area contributed by atoms with Gasteiger partial charge in [0.25, 0.3) is 6.47 Å². The van der Waals surface area contributed by atoms with Gasteiger partial charge in [0.2, 0.25) is 0 Å². The summed E-state index contributed by atoms with van der Waals surface area (Å²) < 4.78 is 4.15. The van der Waals surface area contributed by atoms with E-state index in [1.165, 1.54) is 0 Å². The van der Waals surface area contributed by atoms with E-state index in [4.69, 9.17) is 0 Å². The van der Waals surface area contributed by atoms with Crippen LogP contribution in [0.3, 0.4) is 0 Å². The maximum atomic E-state index is 9.18. The van der Waals surface area contributed by atoms with Crippen LogP contribution in [0.25, 0.3) is 0 Å². The molecule has 0 aliphatic heterocycles. The zero-order valence-electron chi connectivity index (χ0n) is 3.10. The summed E-state index contributed by atoms with van der Waals surface area (Å²) in [5.74, 6) is 0. The SMILES string of the molecule is CCOC=O.[NaH]. The molecule has 0 spiro atoms. The Balaban J connectivity index is 0. The first-order chi connectivity index (χ1) is 2.41. The Morgan fingerprint density at radius 3 is 2.33 bits per heavy atom. The average molecular weight is 98.1 g/mol. The molecular formula is C3H7NaO2. The van der Waals surface area contributed by atoms with E-state index in [-0.39, 0.29) is 29.6 Å². The second-order valence-electron chi connectivity index (χ2n) is 0.552. The van der Waals surface area contributed by atoms with Crippen LogP contribution in [0.2, 0.25) is 0 Å². The Morgan fingerprint density at radius 2 is 2.33 bits per heavy atom. The molecule has 0 saturated carbocycles. The molecule has 0 unspecified atom stereocenters. The third kappa shape index (κ3) is 8.82. The van der Waals surface area contributed by atoms with Gasteiger partial charge in [-0.2, -0.15) is 0 Å². The van der Waals surface area contributed by atoms with E-state index in [1.54, 1.807) is 6.92 Å². The summed E-state index contributed by atoms with van der Waals surface area (Å²) in [4.78, 5) is 9.18. The van der Waals surface area contributed by atoms with Gasteiger partial charge in [-0.1, -0.05) is 0 Å². The van der Waals surface area contributed by atoms with E-state index < -0.39 is 0 Å². The normalized spacial score (nSPS) is 5.50. The molecule has 0 aliphatic rings. The molecule has 0 aromatic carbocycles. The molecule has 0 atom stereocenters. The predicted molar refractivity (Wildman–Crippen MR) is 24.8 cm³/mol. The average Bonchev–Trinajstić information content (AvgIpc) is 1.41. The summed E-state index contributed by atoms with van der Waals surface area (Å²) in [6.45, 7) is 2.66. The minimum atomic E-state index is 0. The van der Waals surface area contributed by atoms with Crippen molar-refractivity contribution in [1.29, 1.82) is 0 Å². The van der Waals surface area contributed by atoms with Crippen molar-refractivity contribution in [3.05, 3.63) is 0 Å². The fraction of sp³-hybridized carbons (Fsp3) is 0.667. The summed E-state index contributed by atoms with van der Waals surface area (Å²) in [5, 5.41) is 0. The second-order valence-corrected chi connectivity index (χ2v) is 0.552. The maximum absolute atomic E-state index is 9.18. The zero-order valence-corrected chi connectivity index (χ0v) is 3.10. The quantitative estimate of drug-likeness (QED) is 0.345. The molecule has 0 bridgehead atoms. The van der Waals surface area contributed by atoms with Crippen molar-refractivity contribution in [1.82, 2.24) is 0 Å². The number of carbonyl (C=O) groups is 1. The van der Waals surface area contributed by atoms with E-state index in [0.29, 0.717) is 13.1 Å². The number of hydrogen-bond donors (Lipinski definition) is 0. The zero-order chi connectivity index (χ0) is 4.12. The second kappa shape index (κ2) is 9.08. The summed E-state index contributed by atoms with van der Waals surface area (Å²) in [7, 11) is 0. The van der Waals surface area contributed by atoms with Gasteiger partial charge in [0, 0.05) is 0 Å². The van der Waals surface area contributed by atoms with Crippen molar-refractivity contribution < 1.29 is 9.53 Å². The monoisotopic (exact) mass is 98.0 g/mol. The number of hydrogen-bond acceptors (Lipinski definition) is 2. The van der Waals surface area contributed by atoms with Crippen LogP contribution in [0.5, 0.6) is 0 Å².